The molecule has 1 fully saturated rings. The molecule has 0 saturated carbocycles. The molecule has 2 atom stereocenters. The SMILES string of the molecule is COc1c(C)ccc(NC(=O)[C@@H]2CC[C@H](C(=O)O)O2)c1C. The number of methoxy groups -OCH3 is 1. The first kappa shape index (κ1) is 15.3. The number of hydrogen-bond acceptors (Lipinski definition) is 4. The van der Waals surface area contributed by atoms with Crippen molar-refractivity contribution in [3.63, 3.8) is 0 Å². The van der Waals surface area contributed by atoms with Crippen molar-refractivity contribution in [1.29, 1.82) is 0 Å². The number of carboxylic acids is 1. The fourth-order valence-corrected chi connectivity index (χ4v) is 2.50. The van der Waals surface area contributed by atoms with E-state index in [-0.39, 0.29) is 5.91 Å². The summed E-state index contributed by atoms with van der Waals surface area (Å²) in [5.41, 5.74) is 2.46. The Kier molecular flexibility index (Phi) is 4.47. The van der Waals surface area contributed by atoms with Crippen LogP contribution in [0.3, 0.4) is 0 Å². The first-order valence-electron chi connectivity index (χ1n) is 6.77. The molecule has 1 aromatic carbocycles. The molecule has 0 aliphatic carbocycles. The van der Waals surface area contributed by atoms with E-state index in [0.29, 0.717) is 18.5 Å². The van der Waals surface area contributed by atoms with Crippen molar-refractivity contribution in [2.45, 2.75) is 38.9 Å². The molecule has 2 rings (SSSR count). The van der Waals surface area contributed by atoms with Gasteiger partial charge >= 0.3 is 5.97 Å². The fraction of sp³-hybridized carbons (Fsp3) is 0.467. The molecule has 0 bridgehead atoms. The number of aliphatic carboxylic acids is 1. The second-order valence-corrected chi connectivity index (χ2v) is 5.11. The summed E-state index contributed by atoms with van der Waals surface area (Å²) < 4.78 is 10.5. The van der Waals surface area contributed by atoms with Gasteiger partial charge in [-0.25, -0.2) is 4.79 Å². The fourth-order valence-electron chi connectivity index (χ4n) is 2.50. The molecule has 114 valence electrons. The van der Waals surface area contributed by atoms with Crippen LogP contribution >= 0.6 is 0 Å². The lowest BCUT2D eigenvalue weighted by Gasteiger charge is -2.16. The number of carbonyl (C=O) groups excluding carboxylic acids is 1. The number of amides is 1. The van der Waals surface area contributed by atoms with E-state index in [1.165, 1.54) is 0 Å². The van der Waals surface area contributed by atoms with Crippen molar-refractivity contribution in [3.8, 4) is 5.75 Å². The summed E-state index contributed by atoms with van der Waals surface area (Å²) in [6, 6.07) is 3.66. The molecule has 1 amide bonds. The maximum absolute atomic E-state index is 12.1. The summed E-state index contributed by atoms with van der Waals surface area (Å²) in [4.78, 5) is 23.0. The topological polar surface area (TPSA) is 84.9 Å². The predicted molar refractivity (Wildman–Crippen MR) is 76.6 cm³/mol. The minimum absolute atomic E-state index is 0.326. The van der Waals surface area contributed by atoms with Gasteiger partial charge in [0.25, 0.3) is 5.91 Å². The lowest BCUT2D eigenvalue weighted by Crippen LogP contribution is -2.30. The van der Waals surface area contributed by atoms with Crippen molar-refractivity contribution in [3.05, 3.63) is 23.3 Å². The van der Waals surface area contributed by atoms with E-state index in [0.717, 1.165) is 16.9 Å². The van der Waals surface area contributed by atoms with E-state index < -0.39 is 18.2 Å². The van der Waals surface area contributed by atoms with Crippen LogP contribution in [0.1, 0.15) is 24.0 Å². The summed E-state index contributed by atoms with van der Waals surface area (Å²) in [7, 11) is 1.58. The van der Waals surface area contributed by atoms with E-state index in [2.05, 4.69) is 5.32 Å². The third-order valence-corrected chi connectivity index (χ3v) is 3.65. The van der Waals surface area contributed by atoms with Crippen molar-refractivity contribution < 1.29 is 24.2 Å². The third-order valence-electron chi connectivity index (χ3n) is 3.65. The van der Waals surface area contributed by atoms with Gasteiger partial charge in [-0.05, 0) is 38.3 Å². The number of anilines is 1. The number of ether oxygens (including phenoxy) is 2. The maximum atomic E-state index is 12.1. The molecular weight excluding hydrogens is 274 g/mol. The van der Waals surface area contributed by atoms with Gasteiger partial charge in [-0.2, -0.15) is 0 Å². The largest absolute Gasteiger partial charge is 0.496 e. The minimum Gasteiger partial charge on any atom is -0.496 e. The molecule has 6 nitrogen and oxygen atoms in total. The number of hydrogen-bond donors (Lipinski definition) is 2. The number of rotatable bonds is 4. The molecule has 1 aliphatic heterocycles. The number of nitrogens with one attached hydrogen (secondary N) is 1. The van der Waals surface area contributed by atoms with Crippen LogP contribution < -0.4 is 10.1 Å². The van der Waals surface area contributed by atoms with Crippen LogP contribution in [0.5, 0.6) is 5.75 Å². The highest BCUT2D eigenvalue weighted by Crippen LogP contribution is 2.30. The molecule has 0 unspecified atom stereocenters. The lowest BCUT2D eigenvalue weighted by molar-refractivity contribution is -0.150. The van der Waals surface area contributed by atoms with Gasteiger partial charge in [0.1, 0.15) is 11.9 Å². The van der Waals surface area contributed by atoms with Crippen LogP contribution in [0.4, 0.5) is 5.69 Å². The Bertz CT molecular complexity index is 569. The van der Waals surface area contributed by atoms with E-state index in [9.17, 15) is 9.59 Å². The van der Waals surface area contributed by atoms with Crippen LogP contribution in [-0.2, 0) is 14.3 Å². The van der Waals surface area contributed by atoms with Crippen molar-refractivity contribution in [2.24, 2.45) is 0 Å². The first-order chi connectivity index (χ1) is 9.93. The standard InChI is InChI=1S/C15H19NO5/c1-8-4-5-10(9(2)13(8)20-3)16-14(17)11-6-7-12(21-11)15(18)19/h4-5,11-12H,6-7H2,1-3H3,(H,16,17)(H,18,19)/t11-,12+/m0/s1. The zero-order valence-electron chi connectivity index (χ0n) is 12.3. The van der Waals surface area contributed by atoms with Crippen LogP contribution in [0.25, 0.3) is 0 Å². The molecule has 6 heteroatoms. The highest BCUT2D eigenvalue weighted by atomic mass is 16.5. The van der Waals surface area contributed by atoms with Gasteiger partial charge in [0.2, 0.25) is 0 Å². The Morgan fingerprint density at radius 2 is 1.95 bits per heavy atom. The van der Waals surface area contributed by atoms with Gasteiger partial charge < -0.3 is 19.9 Å². The predicted octanol–water partition coefficient (Wildman–Crippen LogP) is 1.88. The van der Waals surface area contributed by atoms with E-state index in [1.807, 2.05) is 19.9 Å². The third kappa shape index (κ3) is 3.16. The van der Waals surface area contributed by atoms with Gasteiger partial charge in [0, 0.05) is 11.3 Å². The van der Waals surface area contributed by atoms with Gasteiger partial charge in [0.15, 0.2) is 6.10 Å². The normalized spacial score (nSPS) is 21.1. The molecule has 1 aliphatic rings. The van der Waals surface area contributed by atoms with Gasteiger partial charge in [-0.15, -0.1) is 0 Å². The number of benzene rings is 1. The second kappa shape index (κ2) is 6.13. The summed E-state index contributed by atoms with van der Waals surface area (Å²) in [5.74, 6) is -0.630. The summed E-state index contributed by atoms with van der Waals surface area (Å²) in [6.07, 6.45) is -0.860. The van der Waals surface area contributed by atoms with Crippen LogP contribution in [0.2, 0.25) is 0 Å². The first-order valence-corrected chi connectivity index (χ1v) is 6.77. The molecule has 1 heterocycles. The molecule has 0 radical (unpaired) electrons. The van der Waals surface area contributed by atoms with Crippen LogP contribution in [0, 0.1) is 13.8 Å². The van der Waals surface area contributed by atoms with Gasteiger partial charge in [-0.3, -0.25) is 4.79 Å². The average Bonchev–Trinajstić information content (AvgIpc) is 2.92. The van der Waals surface area contributed by atoms with Gasteiger partial charge in [0.05, 0.1) is 7.11 Å². The zero-order chi connectivity index (χ0) is 15.6. The molecule has 21 heavy (non-hydrogen) atoms. The van der Waals surface area contributed by atoms with Crippen molar-refractivity contribution in [2.75, 3.05) is 12.4 Å². The molecular formula is C15H19NO5. The Morgan fingerprint density at radius 1 is 1.29 bits per heavy atom. The highest BCUT2D eigenvalue weighted by Gasteiger charge is 2.34. The van der Waals surface area contributed by atoms with Crippen molar-refractivity contribution >= 4 is 17.6 Å². The number of aryl methyl sites for hydroxylation is 1. The molecule has 1 aromatic rings. The number of carboxylic acid groups (broad SMARTS) is 1. The Morgan fingerprint density at radius 3 is 2.52 bits per heavy atom. The van der Waals surface area contributed by atoms with E-state index >= 15 is 0 Å². The minimum atomic E-state index is -1.03. The molecule has 2 N–H and O–H groups in total. The summed E-state index contributed by atoms with van der Waals surface area (Å²) >= 11 is 0. The highest BCUT2D eigenvalue weighted by molar-refractivity contribution is 5.95. The molecule has 0 aromatic heterocycles. The van der Waals surface area contributed by atoms with Gasteiger partial charge in [-0.1, -0.05) is 6.07 Å². The zero-order valence-corrected chi connectivity index (χ0v) is 12.3. The Balaban J connectivity index is 2.09. The quantitative estimate of drug-likeness (QED) is 0.885. The van der Waals surface area contributed by atoms with E-state index in [1.54, 1.807) is 13.2 Å². The second-order valence-electron chi connectivity index (χ2n) is 5.11. The van der Waals surface area contributed by atoms with Crippen molar-refractivity contribution in [1.82, 2.24) is 0 Å². The summed E-state index contributed by atoms with van der Waals surface area (Å²) in [6.45, 7) is 3.78. The summed E-state index contributed by atoms with van der Waals surface area (Å²) in [5, 5.41) is 11.6. The molecule has 1 saturated heterocycles. The monoisotopic (exact) mass is 293 g/mol. The Labute approximate surface area is 123 Å². The Hall–Kier alpha value is -2.08. The lowest BCUT2D eigenvalue weighted by atomic mass is 10.1. The van der Waals surface area contributed by atoms with Crippen LogP contribution in [-0.4, -0.2) is 36.3 Å². The maximum Gasteiger partial charge on any atom is 0.332 e. The molecule has 0 spiro atoms. The van der Waals surface area contributed by atoms with E-state index in [4.69, 9.17) is 14.6 Å². The number of carbonyl (C=O) groups is 2. The average molecular weight is 293 g/mol. The van der Waals surface area contributed by atoms with Crippen LogP contribution in [0.15, 0.2) is 12.1 Å². The smallest absolute Gasteiger partial charge is 0.332 e.